The molecule has 1 aromatic carbocycles. The average molecular weight is 343 g/mol. The van der Waals surface area contributed by atoms with Crippen LogP contribution in [0.3, 0.4) is 0 Å². The van der Waals surface area contributed by atoms with Crippen LogP contribution in [0.4, 0.5) is 10.5 Å². The van der Waals surface area contributed by atoms with E-state index < -0.39 is 6.10 Å². The molecule has 0 aromatic heterocycles. The predicted octanol–water partition coefficient (Wildman–Crippen LogP) is 2.88. The van der Waals surface area contributed by atoms with E-state index in [1.807, 2.05) is 6.07 Å². The third-order valence-electron chi connectivity index (χ3n) is 3.45. The van der Waals surface area contributed by atoms with E-state index in [1.54, 1.807) is 19.2 Å². The monoisotopic (exact) mass is 342 g/mol. The first kappa shape index (κ1) is 15.1. The molecule has 0 saturated heterocycles. The molecule has 0 radical (unpaired) electrons. The number of carbonyl (C=O) groups is 1. The Morgan fingerprint density at radius 2 is 2.15 bits per heavy atom. The van der Waals surface area contributed by atoms with Gasteiger partial charge in [0.2, 0.25) is 0 Å². The standard InChI is InChI=1S/C14H19BrN2O3/c1-20-13-8-9(6-7-10(13)15)16-14(19)17-11-4-2-3-5-12(11)18/h6-8,11-12,18H,2-5H2,1H3,(H2,16,17,19)/t11-,12+/m1/s1. The first-order valence-corrected chi connectivity index (χ1v) is 7.48. The average Bonchev–Trinajstić information content (AvgIpc) is 2.43. The molecule has 2 rings (SSSR count). The number of amides is 2. The number of aliphatic hydroxyl groups excluding tert-OH is 1. The first-order valence-electron chi connectivity index (χ1n) is 6.69. The lowest BCUT2D eigenvalue weighted by Gasteiger charge is -2.28. The maximum absolute atomic E-state index is 11.9. The molecule has 1 aromatic rings. The highest BCUT2D eigenvalue weighted by Gasteiger charge is 2.24. The highest BCUT2D eigenvalue weighted by Crippen LogP contribution is 2.27. The van der Waals surface area contributed by atoms with Gasteiger partial charge in [0.05, 0.1) is 23.7 Å². The summed E-state index contributed by atoms with van der Waals surface area (Å²) in [5, 5.41) is 15.4. The molecule has 3 N–H and O–H groups in total. The van der Waals surface area contributed by atoms with E-state index in [-0.39, 0.29) is 12.1 Å². The summed E-state index contributed by atoms with van der Waals surface area (Å²) < 4.78 is 6.00. The van der Waals surface area contributed by atoms with Gasteiger partial charge in [0.1, 0.15) is 5.75 Å². The van der Waals surface area contributed by atoms with Crippen molar-refractivity contribution in [1.82, 2.24) is 5.32 Å². The molecule has 2 atom stereocenters. The fourth-order valence-corrected chi connectivity index (χ4v) is 2.76. The number of halogens is 1. The molecule has 0 unspecified atom stereocenters. The number of anilines is 1. The zero-order valence-corrected chi connectivity index (χ0v) is 12.9. The molecule has 1 saturated carbocycles. The summed E-state index contributed by atoms with van der Waals surface area (Å²) >= 11 is 3.36. The van der Waals surface area contributed by atoms with Gasteiger partial charge < -0.3 is 20.5 Å². The van der Waals surface area contributed by atoms with Crippen molar-refractivity contribution in [1.29, 1.82) is 0 Å². The van der Waals surface area contributed by atoms with Gasteiger partial charge in [-0.25, -0.2) is 4.79 Å². The van der Waals surface area contributed by atoms with E-state index in [9.17, 15) is 9.90 Å². The van der Waals surface area contributed by atoms with Gasteiger partial charge in [0.25, 0.3) is 0 Å². The van der Waals surface area contributed by atoms with E-state index in [2.05, 4.69) is 26.6 Å². The molecule has 0 heterocycles. The van der Waals surface area contributed by atoms with E-state index in [0.717, 1.165) is 30.2 Å². The fourth-order valence-electron chi connectivity index (χ4n) is 2.35. The van der Waals surface area contributed by atoms with E-state index in [0.29, 0.717) is 11.4 Å². The van der Waals surface area contributed by atoms with Crippen LogP contribution in [-0.2, 0) is 0 Å². The van der Waals surface area contributed by atoms with Crippen LogP contribution in [0.1, 0.15) is 25.7 Å². The number of rotatable bonds is 3. The zero-order valence-electron chi connectivity index (χ0n) is 11.4. The molecule has 1 aliphatic rings. The Hall–Kier alpha value is -1.27. The fraction of sp³-hybridized carbons (Fsp3) is 0.500. The van der Waals surface area contributed by atoms with Crippen molar-refractivity contribution < 1.29 is 14.6 Å². The number of ether oxygens (including phenoxy) is 1. The Morgan fingerprint density at radius 3 is 2.85 bits per heavy atom. The van der Waals surface area contributed by atoms with Gasteiger partial charge in [0.15, 0.2) is 0 Å². The molecule has 0 spiro atoms. The highest BCUT2D eigenvalue weighted by atomic mass is 79.9. The van der Waals surface area contributed by atoms with Crippen molar-refractivity contribution in [3.63, 3.8) is 0 Å². The predicted molar refractivity (Wildman–Crippen MR) is 81.1 cm³/mol. The van der Waals surface area contributed by atoms with Gasteiger partial charge in [-0.15, -0.1) is 0 Å². The Kier molecular flexibility index (Phi) is 5.25. The number of methoxy groups -OCH3 is 1. The number of hydrogen-bond acceptors (Lipinski definition) is 3. The molecule has 6 heteroatoms. The summed E-state index contributed by atoms with van der Waals surface area (Å²) in [5.74, 6) is 0.653. The Morgan fingerprint density at radius 1 is 1.40 bits per heavy atom. The number of carbonyl (C=O) groups excluding carboxylic acids is 1. The lowest BCUT2D eigenvalue weighted by molar-refractivity contribution is 0.0955. The third-order valence-corrected chi connectivity index (χ3v) is 4.11. The number of benzene rings is 1. The van der Waals surface area contributed by atoms with Crippen molar-refractivity contribution in [3.8, 4) is 5.75 Å². The Bertz CT molecular complexity index is 481. The quantitative estimate of drug-likeness (QED) is 0.790. The van der Waals surface area contributed by atoms with Crippen LogP contribution in [0.25, 0.3) is 0 Å². The van der Waals surface area contributed by atoms with Gasteiger partial charge >= 0.3 is 6.03 Å². The maximum atomic E-state index is 11.9. The van der Waals surface area contributed by atoms with Crippen LogP contribution in [0.5, 0.6) is 5.75 Å². The number of urea groups is 1. The topological polar surface area (TPSA) is 70.6 Å². The van der Waals surface area contributed by atoms with Crippen molar-refractivity contribution in [2.75, 3.05) is 12.4 Å². The number of hydrogen-bond donors (Lipinski definition) is 3. The van der Waals surface area contributed by atoms with Crippen molar-refractivity contribution in [2.24, 2.45) is 0 Å². The molecule has 110 valence electrons. The Labute approximate surface area is 126 Å². The van der Waals surface area contributed by atoms with E-state index in [1.165, 1.54) is 0 Å². The zero-order chi connectivity index (χ0) is 14.5. The minimum absolute atomic E-state index is 0.166. The summed E-state index contributed by atoms with van der Waals surface area (Å²) in [4.78, 5) is 11.9. The van der Waals surface area contributed by atoms with E-state index in [4.69, 9.17) is 4.74 Å². The minimum Gasteiger partial charge on any atom is -0.495 e. The second kappa shape index (κ2) is 6.95. The normalized spacial score (nSPS) is 22.1. The molecule has 5 nitrogen and oxygen atoms in total. The number of aliphatic hydroxyl groups is 1. The van der Waals surface area contributed by atoms with Crippen LogP contribution >= 0.6 is 15.9 Å². The van der Waals surface area contributed by atoms with Gasteiger partial charge in [0, 0.05) is 11.8 Å². The lowest BCUT2D eigenvalue weighted by Crippen LogP contribution is -2.46. The first-order chi connectivity index (χ1) is 9.60. The molecule has 0 bridgehead atoms. The third kappa shape index (κ3) is 3.86. The van der Waals surface area contributed by atoms with Crippen molar-refractivity contribution in [3.05, 3.63) is 22.7 Å². The molecular weight excluding hydrogens is 324 g/mol. The number of nitrogens with one attached hydrogen (secondary N) is 2. The van der Waals surface area contributed by atoms with Crippen LogP contribution < -0.4 is 15.4 Å². The second-order valence-corrected chi connectivity index (χ2v) is 5.76. The van der Waals surface area contributed by atoms with Crippen LogP contribution in [0, 0.1) is 0 Å². The van der Waals surface area contributed by atoms with Gasteiger partial charge in [-0.3, -0.25) is 0 Å². The summed E-state index contributed by atoms with van der Waals surface area (Å²) in [6.45, 7) is 0. The molecule has 2 amide bonds. The molecule has 20 heavy (non-hydrogen) atoms. The van der Waals surface area contributed by atoms with E-state index >= 15 is 0 Å². The summed E-state index contributed by atoms with van der Waals surface area (Å²) in [7, 11) is 1.57. The van der Waals surface area contributed by atoms with Crippen LogP contribution in [-0.4, -0.2) is 30.4 Å². The lowest BCUT2D eigenvalue weighted by atomic mass is 9.93. The van der Waals surface area contributed by atoms with Crippen LogP contribution in [0.15, 0.2) is 22.7 Å². The van der Waals surface area contributed by atoms with Crippen molar-refractivity contribution in [2.45, 2.75) is 37.8 Å². The smallest absolute Gasteiger partial charge is 0.319 e. The maximum Gasteiger partial charge on any atom is 0.319 e. The summed E-state index contributed by atoms with van der Waals surface area (Å²) in [6, 6.07) is 4.86. The highest BCUT2D eigenvalue weighted by molar-refractivity contribution is 9.10. The van der Waals surface area contributed by atoms with Gasteiger partial charge in [-0.05, 0) is 40.9 Å². The summed E-state index contributed by atoms with van der Waals surface area (Å²) in [5.41, 5.74) is 0.646. The van der Waals surface area contributed by atoms with Gasteiger partial charge in [-0.1, -0.05) is 12.8 Å². The second-order valence-electron chi connectivity index (χ2n) is 4.91. The SMILES string of the molecule is COc1cc(NC(=O)N[C@@H]2CCCC[C@@H]2O)ccc1Br. The molecule has 1 fully saturated rings. The largest absolute Gasteiger partial charge is 0.495 e. The van der Waals surface area contributed by atoms with Crippen molar-refractivity contribution >= 4 is 27.6 Å². The summed E-state index contributed by atoms with van der Waals surface area (Å²) in [6.07, 6.45) is 3.17. The molecule has 1 aliphatic carbocycles. The van der Waals surface area contributed by atoms with Crippen LogP contribution in [0.2, 0.25) is 0 Å². The molecular formula is C14H19BrN2O3. The van der Waals surface area contributed by atoms with Gasteiger partial charge in [-0.2, -0.15) is 0 Å². The minimum atomic E-state index is -0.450. The Balaban J connectivity index is 1.94. The molecule has 0 aliphatic heterocycles.